The number of aryl methyl sites for hydroxylation is 2. The number of urea groups is 1. The Morgan fingerprint density at radius 3 is 2.88 bits per heavy atom. The third-order valence-corrected chi connectivity index (χ3v) is 5.54. The number of carbonyl (C=O) groups is 1. The molecular formula is C19H32N4O2. The molecule has 0 aromatic carbocycles. The Morgan fingerprint density at radius 1 is 1.44 bits per heavy atom. The molecule has 1 saturated heterocycles. The van der Waals surface area contributed by atoms with Crippen molar-refractivity contribution in [2.75, 3.05) is 13.2 Å². The number of nitrogens with one attached hydrogen (secondary N) is 2. The molecule has 3 rings (SSSR count). The van der Waals surface area contributed by atoms with E-state index in [-0.39, 0.29) is 17.7 Å². The van der Waals surface area contributed by atoms with Crippen molar-refractivity contribution in [2.24, 2.45) is 5.92 Å². The minimum atomic E-state index is -0.0553. The fourth-order valence-electron chi connectivity index (χ4n) is 4.24. The monoisotopic (exact) mass is 348 g/mol. The third-order valence-electron chi connectivity index (χ3n) is 5.54. The van der Waals surface area contributed by atoms with Crippen molar-refractivity contribution in [3.8, 4) is 0 Å². The number of ether oxygens (including phenoxy) is 1. The normalized spacial score (nSPS) is 23.6. The van der Waals surface area contributed by atoms with Crippen LogP contribution in [0, 0.1) is 19.8 Å². The van der Waals surface area contributed by atoms with Gasteiger partial charge in [-0.15, -0.1) is 0 Å². The van der Waals surface area contributed by atoms with Crippen LogP contribution < -0.4 is 10.6 Å². The quantitative estimate of drug-likeness (QED) is 0.860. The van der Waals surface area contributed by atoms with Crippen LogP contribution in [0.4, 0.5) is 4.79 Å². The van der Waals surface area contributed by atoms with Crippen molar-refractivity contribution in [1.82, 2.24) is 20.4 Å². The molecule has 0 bridgehead atoms. The molecule has 1 aromatic rings. The Bertz CT molecular complexity index is 592. The number of nitrogens with zero attached hydrogens (tertiary/aromatic N) is 2. The summed E-state index contributed by atoms with van der Waals surface area (Å²) < 4.78 is 8.05. The molecule has 1 aliphatic heterocycles. The fraction of sp³-hybridized carbons (Fsp3) is 0.789. The first-order valence-corrected chi connectivity index (χ1v) is 9.65. The van der Waals surface area contributed by atoms with Gasteiger partial charge < -0.3 is 15.4 Å². The molecule has 1 saturated carbocycles. The minimum absolute atomic E-state index is 0.0406. The van der Waals surface area contributed by atoms with Crippen LogP contribution in [0.2, 0.25) is 0 Å². The lowest BCUT2D eigenvalue weighted by atomic mass is 9.89. The lowest BCUT2D eigenvalue weighted by Gasteiger charge is -2.38. The molecule has 2 heterocycles. The molecule has 2 N–H and O–H groups in total. The molecule has 2 amide bonds. The van der Waals surface area contributed by atoms with E-state index >= 15 is 0 Å². The van der Waals surface area contributed by atoms with Gasteiger partial charge in [0.2, 0.25) is 0 Å². The van der Waals surface area contributed by atoms with Gasteiger partial charge >= 0.3 is 6.03 Å². The number of carbonyl (C=O) groups excluding carboxylic acids is 1. The number of hydrogen-bond acceptors (Lipinski definition) is 3. The van der Waals surface area contributed by atoms with Crippen LogP contribution in [0.15, 0.2) is 6.07 Å². The van der Waals surface area contributed by atoms with Crippen LogP contribution in [0.5, 0.6) is 0 Å². The largest absolute Gasteiger partial charge is 0.375 e. The van der Waals surface area contributed by atoms with Crippen LogP contribution in [-0.4, -0.2) is 40.6 Å². The van der Waals surface area contributed by atoms with Gasteiger partial charge in [-0.1, -0.05) is 19.8 Å². The van der Waals surface area contributed by atoms with Gasteiger partial charge in [-0.25, -0.2) is 4.79 Å². The zero-order valence-corrected chi connectivity index (χ0v) is 15.8. The van der Waals surface area contributed by atoms with Gasteiger partial charge in [-0.05, 0) is 51.5 Å². The Hall–Kier alpha value is -1.56. The Kier molecular flexibility index (Phi) is 5.67. The smallest absolute Gasteiger partial charge is 0.315 e. The molecule has 140 valence electrons. The molecule has 25 heavy (non-hydrogen) atoms. The average Bonchev–Trinajstić information content (AvgIpc) is 3.12. The van der Waals surface area contributed by atoms with Crippen molar-refractivity contribution in [2.45, 2.75) is 77.5 Å². The maximum absolute atomic E-state index is 12.3. The average molecular weight is 348 g/mol. The molecule has 2 atom stereocenters. The summed E-state index contributed by atoms with van der Waals surface area (Å²) in [4.78, 5) is 12.3. The van der Waals surface area contributed by atoms with Crippen molar-refractivity contribution in [1.29, 1.82) is 0 Å². The summed E-state index contributed by atoms with van der Waals surface area (Å²) in [6, 6.07) is 2.26. The summed E-state index contributed by atoms with van der Waals surface area (Å²) in [5.41, 5.74) is 2.24. The van der Waals surface area contributed by atoms with E-state index in [2.05, 4.69) is 35.6 Å². The molecule has 1 aromatic heterocycles. The summed E-state index contributed by atoms with van der Waals surface area (Å²) in [6.45, 7) is 8.44. The lowest BCUT2D eigenvalue weighted by molar-refractivity contribution is -0.0820. The predicted molar refractivity (Wildman–Crippen MR) is 97.6 cm³/mol. The second kappa shape index (κ2) is 7.77. The number of rotatable bonds is 5. The second-order valence-electron chi connectivity index (χ2n) is 8.00. The molecule has 0 unspecified atom stereocenters. The first-order chi connectivity index (χ1) is 12.0. The highest BCUT2D eigenvalue weighted by atomic mass is 16.5. The molecule has 6 heteroatoms. The van der Waals surface area contributed by atoms with Gasteiger partial charge in [0.05, 0.1) is 11.3 Å². The van der Waals surface area contributed by atoms with E-state index in [1.54, 1.807) is 0 Å². The molecular weight excluding hydrogens is 316 g/mol. The summed E-state index contributed by atoms with van der Waals surface area (Å²) in [7, 11) is 0. The van der Waals surface area contributed by atoms with Crippen LogP contribution in [0.1, 0.15) is 56.8 Å². The maximum atomic E-state index is 12.3. The Morgan fingerprint density at radius 2 is 2.20 bits per heavy atom. The summed E-state index contributed by atoms with van der Waals surface area (Å²) in [5, 5.41) is 10.7. The fourth-order valence-corrected chi connectivity index (χ4v) is 4.24. The first-order valence-electron chi connectivity index (χ1n) is 9.65. The van der Waals surface area contributed by atoms with Crippen LogP contribution in [0.3, 0.4) is 0 Å². The zero-order chi connectivity index (χ0) is 17.9. The molecule has 0 radical (unpaired) electrons. The number of aromatic nitrogens is 2. The molecule has 6 nitrogen and oxygen atoms in total. The zero-order valence-electron chi connectivity index (χ0n) is 15.8. The van der Waals surface area contributed by atoms with Crippen LogP contribution in [-0.2, 0) is 11.3 Å². The molecule has 1 spiro atoms. The van der Waals surface area contributed by atoms with Gasteiger partial charge in [-0.2, -0.15) is 5.10 Å². The summed E-state index contributed by atoms with van der Waals surface area (Å²) in [6.07, 6.45) is 6.67. The van der Waals surface area contributed by atoms with E-state index in [9.17, 15) is 4.79 Å². The molecule has 1 aliphatic carbocycles. The highest BCUT2D eigenvalue weighted by Crippen LogP contribution is 2.39. The number of amides is 2. The van der Waals surface area contributed by atoms with E-state index in [1.807, 2.05) is 11.6 Å². The van der Waals surface area contributed by atoms with E-state index in [4.69, 9.17) is 4.74 Å². The maximum Gasteiger partial charge on any atom is 0.315 e. The van der Waals surface area contributed by atoms with Crippen molar-refractivity contribution in [3.05, 3.63) is 17.5 Å². The van der Waals surface area contributed by atoms with Crippen molar-refractivity contribution >= 4 is 6.03 Å². The summed E-state index contributed by atoms with van der Waals surface area (Å²) >= 11 is 0. The van der Waals surface area contributed by atoms with Gasteiger partial charge in [-0.3, -0.25) is 4.68 Å². The third kappa shape index (κ3) is 4.75. The van der Waals surface area contributed by atoms with Crippen molar-refractivity contribution < 1.29 is 9.53 Å². The van der Waals surface area contributed by atoms with Gasteiger partial charge in [0, 0.05) is 31.4 Å². The van der Waals surface area contributed by atoms with Gasteiger partial charge in [0.1, 0.15) is 0 Å². The lowest BCUT2D eigenvalue weighted by Crippen LogP contribution is -2.50. The highest BCUT2D eigenvalue weighted by Gasteiger charge is 2.40. The first kappa shape index (κ1) is 18.2. The highest BCUT2D eigenvalue weighted by molar-refractivity contribution is 5.74. The van der Waals surface area contributed by atoms with Gasteiger partial charge in [0.15, 0.2) is 0 Å². The second-order valence-corrected chi connectivity index (χ2v) is 8.00. The SMILES string of the molecule is Cc1cc(C)n(C[C@@H](C)CNC(=O)N[C@H]2CCOC3(CCCC3)C2)n1. The van der Waals surface area contributed by atoms with E-state index in [0.29, 0.717) is 12.5 Å². The topological polar surface area (TPSA) is 68.2 Å². The molecule has 2 fully saturated rings. The van der Waals surface area contributed by atoms with E-state index < -0.39 is 0 Å². The number of hydrogen-bond donors (Lipinski definition) is 2. The minimum Gasteiger partial charge on any atom is -0.375 e. The van der Waals surface area contributed by atoms with Crippen LogP contribution in [0.25, 0.3) is 0 Å². The Labute approximate surface area is 150 Å². The van der Waals surface area contributed by atoms with Crippen molar-refractivity contribution in [3.63, 3.8) is 0 Å². The van der Waals surface area contributed by atoms with Crippen LogP contribution >= 0.6 is 0 Å². The molecule has 2 aliphatic rings. The standard InChI is InChI=1S/C19H32N4O2/c1-14(13-23-16(3)10-15(2)22-23)12-20-18(24)21-17-6-9-25-19(11-17)7-4-5-8-19/h10,14,17H,4-9,11-13H2,1-3H3,(H2,20,21,24)/t14-,17-/m0/s1. The van der Waals surface area contributed by atoms with Gasteiger partial charge in [0.25, 0.3) is 0 Å². The Balaban J connectivity index is 1.41. The van der Waals surface area contributed by atoms with E-state index in [1.165, 1.54) is 12.8 Å². The van der Waals surface area contributed by atoms with E-state index in [0.717, 1.165) is 50.2 Å². The summed E-state index contributed by atoms with van der Waals surface area (Å²) in [5.74, 6) is 0.333. The predicted octanol–water partition coefficient (Wildman–Crippen LogP) is 2.93.